The molecule has 156 valence electrons. The van der Waals surface area contributed by atoms with Crippen LogP contribution in [-0.4, -0.2) is 30.8 Å². The second-order valence-corrected chi connectivity index (χ2v) is 8.60. The minimum Gasteiger partial charge on any atom is -0.366 e. The maximum atomic E-state index is 13.1. The maximum Gasteiger partial charge on any atom is 0.293 e. The van der Waals surface area contributed by atoms with E-state index in [9.17, 15) is 14.9 Å². The number of anilines is 2. The summed E-state index contributed by atoms with van der Waals surface area (Å²) in [5.41, 5.74) is 3.76. The summed E-state index contributed by atoms with van der Waals surface area (Å²) in [6.45, 7) is 5.82. The van der Waals surface area contributed by atoms with Gasteiger partial charge in [0.25, 0.3) is 5.69 Å². The molecule has 0 aliphatic carbocycles. The second-order valence-electron chi connectivity index (χ2n) is 8.60. The summed E-state index contributed by atoms with van der Waals surface area (Å²) in [6, 6.07) is 13.0. The lowest BCUT2D eigenvalue weighted by atomic mass is 9.83. The smallest absolute Gasteiger partial charge is 0.293 e. The summed E-state index contributed by atoms with van der Waals surface area (Å²) in [5, 5.41) is 11.7. The largest absolute Gasteiger partial charge is 0.366 e. The van der Waals surface area contributed by atoms with Crippen molar-refractivity contribution in [2.75, 3.05) is 29.9 Å². The van der Waals surface area contributed by atoms with Crippen molar-refractivity contribution in [2.24, 2.45) is 0 Å². The van der Waals surface area contributed by atoms with Gasteiger partial charge in [-0.1, -0.05) is 32.0 Å². The van der Waals surface area contributed by atoms with Crippen molar-refractivity contribution in [1.82, 2.24) is 0 Å². The van der Waals surface area contributed by atoms with Crippen LogP contribution in [0, 0.1) is 10.1 Å². The second kappa shape index (κ2) is 7.59. The van der Waals surface area contributed by atoms with E-state index in [2.05, 4.69) is 24.8 Å². The van der Waals surface area contributed by atoms with Crippen LogP contribution in [0.25, 0.3) is 0 Å². The average Bonchev–Trinajstić information content (AvgIpc) is 2.94. The molecule has 0 bridgehead atoms. The first kappa shape index (κ1) is 20.1. The third kappa shape index (κ3) is 3.36. The van der Waals surface area contributed by atoms with Gasteiger partial charge in [-0.25, -0.2) is 0 Å². The topological polar surface area (TPSA) is 66.7 Å². The Bertz CT molecular complexity index is 1040. The van der Waals surface area contributed by atoms with Crippen LogP contribution in [0.3, 0.4) is 0 Å². The van der Waals surface area contributed by atoms with Crippen molar-refractivity contribution >= 4 is 22.8 Å². The van der Waals surface area contributed by atoms with E-state index in [0.29, 0.717) is 11.3 Å². The fourth-order valence-electron chi connectivity index (χ4n) is 4.69. The minimum atomic E-state index is -0.380. The van der Waals surface area contributed by atoms with Crippen molar-refractivity contribution in [3.05, 3.63) is 75.5 Å². The summed E-state index contributed by atoms with van der Waals surface area (Å²) in [4.78, 5) is 28.5. The van der Waals surface area contributed by atoms with Crippen molar-refractivity contribution < 1.29 is 9.72 Å². The molecule has 0 saturated carbocycles. The Morgan fingerprint density at radius 3 is 2.43 bits per heavy atom. The average molecular weight is 405 g/mol. The van der Waals surface area contributed by atoms with Crippen LogP contribution < -0.4 is 9.80 Å². The van der Waals surface area contributed by atoms with Crippen molar-refractivity contribution in [1.29, 1.82) is 0 Å². The predicted molar refractivity (Wildman–Crippen MR) is 119 cm³/mol. The van der Waals surface area contributed by atoms with Crippen LogP contribution in [0.5, 0.6) is 0 Å². The molecule has 2 heterocycles. The van der Waals surface area contributed by atoms with E-state index in [4.69, 9.17) is 0 Å². The van der Waals surface area contributed by atoms with Gasteiger partial charge in [-0.2, -0.15) is 0 Å². The number of carbonyl (C=O) groups is 1. The van der Waals surface area contributed by atoms with Gasteiger partial charge in [-0.15, -0.1) is 0 Å². The zero-order chi connectivity index (χ0) is 21.5. The zero-order valence-electron chi connectivity index (χ0n) is 17.7. The van der Waals surface area contributed by atoms with Crippen LogP contribution in [-0.2, 0) is 5.41 Å². The fourth-order valence-corrected chi connectivity index (χ4v) is 4.69. The first-order chi connectivity index (χ1) is 14.3. The predicted octanol–water partition coefficient (Wildman–Crippen LogP) is 5.08. The molecule has 4 rings (SSSR count). The SMILES string of the molecule is CN1C(=CC(=O)c2ccc(N3CCCCC3)c([N+](=O)[O-])c2)C(C)(C)c2ccccc21. The number of nitro benzene ring substituents is 1. The number of nitro groups is 1. The molecule has 0 spiro atoms. The first-order valence-corrected chi connectivity index (χ1v) is 10.4. The summed E-state index contributed by atoms with van der Waals surface area (Å²) in [6.07, 6.45) is 4.84. The third-order valence-electron chi connectivity index (χ3n) is 6.36. The van der Waals surface area contributed by atoms with E-state index in [1.165, 1.54) is 6.07 Å². The molecule has 0 unspecified atom stereocenters. The lowest BCUT2D eigenvalue weighted by molar-refractivity contribution is -0.384. The van der Waals surface area contributed by atoms with Crippen LogP contribution in [0.4, 0.5) is 17.1 Å². The molecule has 2 aliphatic heterocycles. The number of nitrogens with zero attached hydrogens (tertiary/aromatic N) is 3. The Labute approximate surface area is 177 Å². The van der Waals surface area contributed by atoms with Crippen molar-refractivity contribution in [3.8, 4) is 0 Å². The monoisotopic (exact) mass is 405 g/mol. The number of hydrogen-bond donors (Lipinski definition) is 0. The molecule has 0 aromatic heterocycles. The van der Waals surface area contributed by atoms with Crippen molar-refractivity contribution in [2.45, 2.75) is 38.5 Å². The number of ketones is 1. The van der Waals surface area contributed by atoms with Gasteiger partial charge in [0.05, 0.1) is 4.92 Å². The number of allylic oxidation sites excluding steroid dienone is 2. The Balaban J connectivity index is 1.69. The van der Waals surface area contributed by atoms with E-state index >= 15 is 0 Å². The Morgan fingerprint density at radius 1 is 1.07 bits per heavy atom. The number of hydrogen-bond acceptors (Lipinski definition) is 5. The van der Waals surface area contributed by atoms with E-state index < -0.39 is 0 Å². The lowest BCUT2D eigenvalue weighted by Gasteiger charge is -2.28. The van der Waals surface area contributed by atoms with Crippen LogP contribution in [0.15, 0.2) is 54.2 Å². The molecule has 0 atom stereocenters. The first-order valence-electron chi connectivity index (χ1n) is 10.4. The molecular weight excluding hydrogens is 378 g/mol. The summed E-state index contributed by atoms with van der Waals surface area (Å²) >= 11 is 0. The highest BCUT2D eigenvalue weighted by Gasteiger charge is 2.38. The zero-order valence-corrected chi connectivity index (χ0v) is 17.7. The van der Waals surface area contributed by atoms with E-state index in [-0.39, 0.29) is 21.8 Å². The molecule has 6 heteroatoms. The number of likely N-dealkylation sites (N-methyl/N-ethyl adjacent to an activating group) is 1. The number of para-hydroxylation sites is 1. The van der Waals surface area contributed by atoms with Gasteiger partial charge in [-0.3, -0.25) is 14.9 Å². The molecule has 1 saturated heterocycles. The van der Waals surface area contributed by atoms with Gasteiger partial charge in [0, 0.05) is 54.6 Å². The molecule has 1 fully saturated rings. The summed E-state index contributed by atoms with van der Waals surface area (Å²) in [5.74, 6) is -0.217. The van der Waals surface area contributed by atoms with Gasteiger partial charge < -0.3 is 9.80 Å². The molecular formula is C24H27N3O3. The van der Waals surface area contributed by atoms with Crippen LogP contribution in [0.1, 0.15) is 49.0 Å². The standard InChI is InChI=1S/C24H27N3O3/c1-24(2)18-9-5-6-10-19(18)25(3)23(24)16-22(28)17-11-12-20(21(15-17)27(29)30)26-13-7-4-8-14-26/h5-6,9-12,15-16H,4,7-8,13-14H2,1-3H3. The van der Waals surface area contributed by atoms with Gasteiger partial charge in [0.2, 0.25) is 0 Å². The molecule has 2 aliphatic rings. The number of piperidine rings is 1. The highest BCUT2D eigenvalue weighted by Crippen LogP contribution is 2.46. The number of benzene rings is 2. The van der Waals surface area contributed by atoms with E-state index in [1.54, 1.807) is 18.2 Å². The van der Waals surface area contributed by atoms with Gasteiger partial charge in [-0.05, 0) is 43.0 Å². The minimum absolute atomic E-state index is 0.00322. The van der Waals surface area contributed by atoms with Crippen molar-refractivity contribution in [3.63, 3.8) is 0 Å². The van der Waals surface area contributed by atoms with Crippen LogP contribution >= 0.6 is 0 Å². The summed E-state index contributed by atoms with van der Waals surface area (Å²) < 4.78 is 0. The molecule has 2 aromatic rings. The number of carbonyl (C=O) groups excluding carboxylic acids is 1. The third-order valence-corrected chi connectivity index (χ3v) is 6.36. The summed E-state index contributed by atoms with van der Waals surface area (Å²) in [7, 11) is 1.95. The maximum absolute atomic E-state index is 13.1. The lowest BCUT2D eigenvalue weighted by Crippen LogP contribution is -2.30. The Morgan fingerprint density at radius 2 is 1.77 bits per heavy atom. The molecule has 0 N–H and O–H groups in total. The van der Waals surface area contributed by atoms with Crippen LogP contribution in [0.2, 0.25) is 0 Å². The fraction of sp³-hybridized carbons (Fsp3) is 0.375. The normalized spacial score (nSPS) is 19.1. The van der Waals surface area contributed by atoms with E-state index in [0.717, 1.165) is 49.3 Å². The number of fused-ring (bicyclic) bond motifs is 1. The highest BCUT2D eigenvalue weighted by molar-refractivity contribution is 6.06. The molecule has 0 radical (unpaired) electrons. The van der Waals surface area contributed by atoms with Gasteiger partial charge >= 0.3 is 0 Å². The molecule has 0 amide bonds. The Kier molecular flexibility index (Phi) is 5.10. The van der Waals surface area contributed by atoms with Gasteiger partial charge in [0.15, 0.2) is 5.78 Å². The molecule has 30 heavy (non-hydrogen) atoms. The highest BCUT2D eigenvalue weighted by atomic mass is 16.6. The molecule has 6 nitrogen and oxygen atoms in total. The quantitative estimate of drug-likeness (QED) is 0.307. The number of rotatable bonds is 4. The Hall–Kier alpha value is -3.15. The van der Waals surface area contributed by atoms with E-state index in [1.807, 2.05) is 30.1 Å². The molecule has 2 aromatic carbocycles. The van der Waals surface area contributed by atoms with Gasteiger partial charge in [0.1, 0.15) is 5.69 Å².